The summed E-state index contributed by atoms with van der Waals surface area (Å²) in [6, 6.07) is 0. The van der Waals surface area contributed by atoms with Crippen LogP contribution in [0.5, 0.6) is 0 Å². The van der Waals surface area contributed by atoms with Crippen molar-refractivity contribution in [3.63, 3.8) is 0 Å². The monoisotopic (exact) mass is 269 g/mol. The largest absolute Gasteiger partial charge is 0.389 e. The minimum Gasteiger partial charge on any atom is -0.389 e. The third kappa shape index (κ3) is 2.18. The second kappa shape index (κ2) is 4.96. The Kier molecular flexibility index (Phi) is 3.51. The third-order valence-electron chi connectivity index (χ3n) is 2.91. The Bertz CT molecular complexity index is 713. The Morgan fingerprint density at radius 3 is 2.74 bits per heavy atom. The molecule has 0 fully saturated rings. The molecule has 0 saturated heterocycles. The molecule has 2 heterocycles. The Hall–Kier alpha value is -1.97. The van der Waals surface area contributed by atoms with E-state index in [-0.39, 0.29) is 24.3 Å². The molecule has 9 heteroatoms. The van der Waals surface area contributed by atoms with Crippen LogP contribution in [0.2, 0.25) is 0 Å². The summed E-state index contributed by atoms with van der Waals surface area (Å²) in [5.74, 6) is 4.87. The molecule has 0 spiro atoms. The first-order valence-corrected chi connectivity index (χ1v) is 5.58. The molecule has 1 atom stereocenters. The van der Waals surface area contributed by atoms with Gasteiger partial charge in [-0.2, -0.15) is 0 Å². The topological polar surface area (TPSA) is 117 Å². The number of rotatable bonds is 4. The lowest BCUT2D eigenvalue weighted by Crippen LogP contribution is -2.38. The van der Waals surface area contributed by atoms with E-state index < -0.39 is 17.4 Å². The van der Waals surface area contributed by atoms with Crippen LogP contribution in [0.3, 0.4) is 0 Å². The zero-order chi connectivity index (χ0) is 14.2. The molecule has 0 aliphatic heterocycles. The van der Waals surface area contributed by atoms with Crippen LogP contribution in [-0.4, -0.2) is 36.5 Å². The van der Waals surface area contributed by atoms with E-state index in [4.69, 9.17) is 5.90 Å². The van der Waals surface area contributed by atoms with Crippen LogP contribution in [-0.2, 0) is 25.5 Å². The number of aromatic nitrogens is 4. The van der Waals surface area contributed by atoms with Crippen molar-refractivity contribution in [2.75, 3.05) is 6.61 Å². The third-order valence-corrected chi connectivity index (χ3v) is 2.91. The number of fused-ring (bicyclic) bond motifs is 1. The summed E-state index contributed by atoms with van der Waals surface area (Å²) in [6.07, 6.45) is 0.523. The molecule has 1 unspecified atom stereocenters. The molecule has 104 valence electrons. The lowest BCUT2D eigenvalue weighted by molar-refractivity contribution is 0.0283. The van der Waals surface area contributed by atoms with E-state index in [1.54, 1.807) is 0 Å². The van der Waals surface area contributed by atoms with Gasteiger partial charge in [-0.05, 0) is 0 Å². The molecule has 0 bridgehead atoms. The lowest BCUT2D eigenvalue weighted by Gasteiger charge is -2.10. The fourth-order valence-corrected chi connectivity index (χ4v) is 1.93. The molecular formula is C10H15N5O4. The lowest BCUT2D eigenvalue weighted by atomic mass is 10.3. The fourth-order valence-electron chi connectivity index (χ4n) is 1.93. The van der Waals surface area contributed by atoms with Gasteiger partial charge in [-0.15, -0.1) is 0 Å². The van der Waals surface area contributed by atoms with Gasteiger partial charge in [-0.1, -0.05) is 0 Å². The van der Waals surface area contributed by atoms with Gasteiger partial charge in [0.05, 0.1) is 25.6 Å². The van der Waals surface area contributed by atoms with Crippen LogP contribution in [0.4, 0.5) is 0 Å². The normalized spacial score (nSPS) is 13.1. The molecule has 0 radical (unpaired) electrons. The van der Waals surface area contributed by atoms with Crippen LogP contribution in [0.1, 0.15) is 0 Å². The van der Waals surface area contributed by atoms with Gasteiger partial charge in [0, 0.05) is 14.1 Å². The Labute approximate surface area is 107 Å². The first kappa shape index (κ1) is 13.5. The summed E-state index contributed by atoms with van der Waals surface area (Å²) in [4.78, 5) is 32.2. The maximum absolute atomic E-state index is 12.1. The van der Waals surface area contributed by atoms with Gasteiger partial charge in [0.1, 0.15) is 0 Å². The summed E-state index contributed by atoms with van der Waals surface area (Å²) in [6.45, 7) is 0.0346. The number of nitrogens with two attached hydrogens (primary N) is 1. The van der Waals surface area contributed by atoms with E-state index >= 15 is 0 Å². The van der Waals surface area contributed by atoms with E-state index in [0.29, 0.717) is 0 Å². The van der Waals surface area contributed by atoms with Gasteiger partial charge in [0.2, 0.25) is 0 Å². The summed E-state index contributed by atoms with van der Waals surface area (Å²) in [5.41, 5.74) is -0.389. The highest BCUT2D eigenvalue weighted by atomic mass is 16.6. The molecule has 2 aromatic heterocycles. The average molecular weight is 269 g/mol. The van der Waals surface area contributed by atoms with E-state index in [9.17, 15) is 14.7 Å². The van der Waals surface area contributed by atoms with Crippen molar-refractivity contribution in [3.05, 3.63) is 27.2 Å². The van der Waals surface area contributed by atoms with Gasteiger partial charge in [0.25, 0.3) is 5.56 Å². The number of aliphatic hydroxyl groups is 1. The second-order valence-corrected chi connectivity index (χ2v) is 4.26. The minimum absolute atomic E-state index is 0.0637. The summed E-state index contributed by atoms with van der Waals surface area (Å²) in [5, 5.41) is 9.63. The Balaban J connectivity index is 2.60. The van der Waals surface area contributed by atoms with Crippen LogP contribution >= 0.6 is 0 Å². The predicted molar refractivity (Wildman–Crippen MR) is 66.4 cm³/mol. The molecule has 19 heavy (non-hydrogen) atoms. The van der Waals surface area contributed by atoms with Crippen molar-refractivity contribution in [3.8, 4) is 0 Å². The van der Waals surface area contributed by atoms with Crippen molar-refractivity contribution in [2.45, 2.75) is 12.6 Å². The van der Waals surface area contributed by atoms with Gasteiger partial charge in [-0.25, -0.2) is 15.7 Å². The van der Waals surface area contributed by atoms with E-state index in [2.05, 4.69) is 9.82 Å². The highest BCUT2D eigenvalue weighted by Gasteiger charge is 2.16. The molecule has 0 aromatic carbocycles. The number of aliphatic hydroxyl groups excluding tert-OH is 1. The van der Waals surface area contributed by atoms with E-state index in [0.717, 1.165) is 4.57 Å². The van der Waals surface area contributed by atoms with Crippen molar-refractivity contribution in [1.29, 1.82) is 0 Å². The van der Waals surface area contributed by atoms with Gasteiger partial charge < -0.3 is 14.5 Å². The molecule has 2 aromatic rings. The highest BCUT2D eigenvalue weighted by Crippen LogP contribution is 2.06. The molecule has 9 nitrogen and oxygen atoms in total. The maximum atomic E-state index is 12.1. The van der Waals surface area contributed by atoms with Gasteiger partial charge >= 0.3 is 5.69 Å². The molecule has 3 N–H and O–H groups in total. The molecule has 0 aliphatic carbocycles. The number of hydrogen-bond acceptors (Lipinski definition) is 6. The molecular weight excluding hydrogens is 254 g/mol. The summed E-state index contributed by atoms with van der Waals surface area (Å²) < 4.78 is 3.74. The first-order valence-electron chi connectivity index (χ1n) is 5.58. The van der Waals surface area contributed by atoms with Crippen LogP contribution in [0.25, 0.3) is 11.2 Å². The Morgan fingerprint density at radius 2 is 2.11 bits per heavy atom. The summed E-state index contributed by atoms with van der Waals surface area (Å²) in [7, 11) is 2.92. The molecule has 0 aliphatic rings. The maximum Gasteiger partial charge on any atom is 0.332 e. The number of nitrogens with zero attached hydrogens (tertiary/aromatic N) is 4. The SMILES string of the molecule is Cn1c(=O)c2c(ncn2CC(O)CON)n(C)c1=O. The fraction of sp³-hybridized carbons (Fsp3) is 0.500. The standard InChI is InChI=1S/C10H15N5O4/c1-13-8-7(9(17)14(2)10(13)18)15(5-12-8)3-6(16)4-19-11/h5-6,16H,3-4,11H2,1-2H3. The number of imidazole rings is 1. The van der Waals surface area contributed by atoms with E-state index in [1.165, 1.54) is 29.6 Å². The molecule has 0 saturated carbocycles. The van der Waals surface area contributed by atoms with Crippen molar-refractivity contribution in [1.82, 2.24) is 18.7 Å². The predicted octanol–water partition coefficient (Wildman–Crippen LogP) is -2.32. The average Bonchev–Trinajstić information content (AvgIpc) is 2.78. The highest BCUT2D eigenvalue weighted by molar-refractivity contribution is 5.69. The van der Waals surface area contributed by atoms with Gasteiger partial charge in [-0.3, -0.25) is 13.9 Å². The Morgan fingerprint density at radius 1 is 1.42 bits per heavy atom. The smallest absolute Gasteiger partial charge is 0.332 e. The van der Waals surface area contributed by atoms with Crippen LogP contribution in [0.15, 0.2) is 15.9 Å². The zero-order valence-electron chi connectivity index (χ0n) is 10.6. The quantitative estimate of drug-likeness (QED) is 0.602. The molecule has 0 amide bonds. The van der Waals surface area contributed by atoms with E-state index in [1.807, 2.05) is 0 Å². The minimum atomic E-state index is -0.871. The first-order chi connectivity index (χ1) is 8.97. The number of aryl methyl sites for hydroxylation is 1. The number of hydrogen-bond donors (Lipinski definition) is 2. The van der Waals surface area contributed by atoms with Crippen molar-refractivity contribution in [2.24, 2.45) is 20.0 Å². The van der Waals surface area contributed by atoms with Crippen molar-refractivity contribution >= 4 is 11.2 Å². The van der Waals surface area contributed by atoms with Crippen molar-refractivity contribution < 1.29 is 9.94 Å². The van der Waals surface area contributed by atoms with Gasteiger partial charge in [0.15, 0.2) is 11.2 Å². The zero-order valence-corrected chi connectivity index (χ0v) is 10.6. The molecule has 2 rings (SSSR count). The second-order valence-electron chi connectivity index (χ2n) is 4.26. The summed E-state index contributed by atoms with van der Waals surface area (Å²) >= 11 is 0. The van der Waals surface area contributed by atoms with Crippen LogP contribution in [0, 0.1) is 0 Å². The van der Waals surface area contributed by atoms with Crippen LogP contribution < -0.4 is 17.1 Å².